The van der Waals surface area contributed by atoms with Crippen molar-refractivity contribution in [2.24, 2.45) is 0 Å². The number of carbonyl (C=O) groups is 1. The highest BCUT2D eigenvalue weighted by Crippen LogP contribution is 2.30. The van der Waals surface area contributed by atoms with Crippen molar-refractivity contribution in [3.05, 3.63) is 35.9 Å². The van der Waals surface area contributed by atoms with Crippen LogP contribution in [0.1, 0.15) is 13.3 Å². The average Bonchev–Trinajstić information content (AvgIpc) is 2.83. The van der Waals surface area contributed by atoms with Gasteiger partial charge in [0.05, 0.1) is 7.11 Å². The zero-order chi connectivity index (χ0) is 13.1. The minimum absolute atomic E-state index is 0.468. The third-order valence-corrected chi connectivity index (χ3v) is 3.30. The smallest absolute Gasteiger partial charge is 0.326 e. The van der Waals surface area contributed by atoms with Gasteiger partial charge < -0.3 is 14.7 Å². The zero-order valence-electron chi connectivity index (χ0n) is 10.6. The molecule has 2 rings (SSSR count). The summed E-state index contributed by atoms with van der Waals surface area (Å²) in [5.74, 6) is -0.00116. The van der Waals surface area contributed by atoms with Crippen molar-refractivity contribution in [3.63, 3.8) is 0 Å². The molecule has 1 aromatic carbocycles. The molecule has 4 heteroatoms. The number of benzene rings is 1. The van der Waals surface area contributed by atoms with Gasteiger partial charge in [0.25, 0.3) is 0 Å². The van der Waals surface area contributed by atoms with Gasteiger partial charge in [-0.1, -0.05) is 11.6 Å². The first-order valence-corrected chi connectivity index (χ1v) is 5.93. The van der Waals surface area contributed by atoms with E-state index in [2.05, 4.69) is 0 Å². The maximum absolute atomic E-state index is 11.3. The summed E-state index contributed by atoms with van der Waals surface area (Å²) in [6, 6.07) is 7.02. The SMILES string of the molecule is C/C=C1\C[C@@H](C(=O)O)N(c2ccc(OC)cc2)C1. The second-order valence-corrected chi connectivity index (χ2v) is 4.33. The first-order valence-electron chi connectivity index (χ1n) is 5.93. The van der Waals surface area contributed by atoms with Gasteiger partial charge in [0.1, 0.15) is 11.8 Å². The Bertz CT molecular complexity index is 464. The second-order valence-electron chi connectivity index (χ2n) is 4.33. The van der Waals surface area contributed by atoms with Gasteiger partial charge in [0, 0.05) is 18.7 Å². The van der Waals surface area contributed by atoms with Crippen LogP contribution in [0.5, 0.6) is 5.75 Å². The topological polar surface area (TPSA) is 49.8 Å². The molecule has 0 aliphatic carbocycles. The van der Waals surface area contributed by atoms with Gasteiger partial charge in [-0.05, 0) is 31.2 Å². The van der Waals surface area contributed by atoms with Gasteiger partial charge in [-0.2, -0.15) is 0 Å². The number of hydrogen-bond donors (Lipinski definition) is 1. The summed E-state index contributed by atoms with van der Waals surface area (Å²) in [5, 5.41) is 9.27. The second kappa shape index (κ2) is 5.12. The number of hydrogen-bond acceptors (Lipinski definition) is 3. The molecule has 0 unspecified atom stereocenters. The lowest BCUT2D eigenvalue weighted by Crippen LogP contribution is -2.35. The fourth-order valence-electron chi connectivity index (χ4n) is 2.23. The molecule has 0 radical (unpaired) electrons. The van der Waals surface area contributed by atoms with E-state index in [4.69, 9.17) is 4.74 Å². The fourth-order valence-corrected chi connectivity index (χ4v) is 2.23. The summed E-state index contributed by atoms with van der Waals surface area (Å²) < 4.78 is 5.10. The van der Waals surface area contributed by atoms with Crippen molar-refractivity contribution in [1.29, 1.82) is 0 Å². The zero-order valence-corrected chi connectivity index (χ0v) is 10.6. The van der Waals surface area contributed by atoms with E-state index in [9.17, 15) is 9.90 Å². The molecule has 0 bridgehead atoms. The Morgan fingerprint density at radius 1 is 1.44 bits per heavy atom. The maximum atomic E-state index is 11.3. The fraction of sp³-hybridized carbons (Fsp3) is 0.357. The maximum Gasteiger partial charge on any atom is 0.326 e. The molecule has 1 fully saturated rings. The van der Waals surface area contributed by atoms with E-state index in [-0.39, 0.29) is 0 Å². The van der Waals surface area contributed by atoms with Crippen LogP contribution in [-0.4, -0.2) is 30.8 Å². The third-order valence-electron chi connectivity index (χ3n) is 3.30. The number of anilines is 1. The van der Waals surface area contributed by atoms with E-state index in [1.165, 1.54) is 5.57 Å². The molecule has 1 N–H and O–H groups in total. The molecule has 1 aromatic rings. The summed E-state index contributed by atoms with van der Waals surface area (Å²) in [6.07, 6.45) is 2.59. The summed E-state index contributed by atoms with van der Waals surface area (Å²) in [7, 11) is 1.61. The molecular formula is C14H17NO3. The Labute approximate surface area is 106 Å². The number of carboxylic acids is 1. The van der Waals surface area contributed by atoms with E-state index >= 15 is 0 Å². The number of ether oxygens (including phenoxy) is 1. The number of rotatable bonds is 3. The number of allylic oxidation sites excluding steroid dienone is 1. The van der Waals surface area contributed by atoms with Gasteiger partial charge in [0.15, 0.2) is 0 Å². The molecule has 0 aromatic heterocycles. The molecule has 1 aliphatic rings. The van der Waals surface area contributed by atoms with Gasteiger partial charge in [-0.15, -0.1) is 0 Å². The Hall–Kier alpha value is -1.97. The van der Waals surface area contributed by atoms with Crippen LogP contribution < -0.4 is 9.64 Å². The molecule has 18 heavy (non-hydrogen) atoms. The first kappa shape index (κ1) is 12.5. The minimum Gasteiger partial charge on any atom is -0.497 e. The molecule has 1 heterocycles. The van der Waals surface area contributed by atoms with Gasteiger partial charge in [-0.25, -0.2) is 4.79 Å². The van der Waals surface area contributed by atoms with Crippen LogP contribution >= 0.6 is 0 Å². The Morgan fingerprint density at radius 3 is 2.61 bits per heavy atom. The first-order chi connectivity index (χ1) is 8.65. The molecule has 1 atom stereocenters. The largest absolute Gasteiger partial charge is 0.497 e. The van der Waals surface area contributed by atoms with Crippen LogP contribution in [0.4, 0.5) is 5.69 Å². The lowest BCUT2D eigenvalue weighted by Gasteiger charge is -2.23. The van der Waals surface area contributed by atoms with E-state index in [1.54, 1.807) is 7.11 Å². The Morgan fingerprint density at radius 2 is 2.11 bits per heavy atom. The van der Waals surface area contributed by atoms with Crippen molar-refractivity contribution in [2.75, 3.05) is 18.6 Å². The Kier molecular flexibility index (Phi) is 3.55. The predicted octanol–water partition coefficient (Wildman–Crippen LogP) is 2.30. The highest BCUT2D eigenvalue weighted by molar-refractivity contribution is 5.80. The highest BCUT2D eigenvalue weighted by Gasteiger charge is 2.33. The monoisotopic (exact) mass is 247 g/mol. The van der Waals surface area contributed by atoms with Crippen molar-refractivity contribution >= 4 is 11.7 Å². The van der Waals surface area contributed by atoms with E-state index < -0.39 is 12.0 Å². The van der Waals surface area contributed by atoms with Crippen LogP contribution in [0.15, 0.2) is 35.9 Å². The minimum atomic E-state index is -0.775. The van der Waals surface area contributed by atoms with Crippen LogP contribution in [-0.2, 0) is 4.79 Å². The molecule has 1 saturated heterocycles. The van der Waals surface area contributed by atoms with Crippen molar-refractivity contribution < 1.29 is 14.6 Å². The number of nitrogens with zero attached hydrogens (tertiary/aromatic N) is 1. The lowest BCUT2D eigenvalue weighted by molar-refractivity contribution is -0.138. The van der Waals surface area contributed by atoms with Crippen LogP contribution in [0.25, 0.3) is 0 Å². The van der Waals surface area contributed by atoms with E-state index in [1.807, 2.05) is 42.2 Å². The molecule has 1 aliphatic heterocycles. The normalized spacial score (nSPS) is 21.3. The summed E-state index contributed by atoms with van der Waals surface area (Å²) >= 11 is 0. The summed E-state index contributed by atoms with van der Waals surface area (Å²) in [6.45, 7) is 2.63. The van der Waals surface area contributed by atoms with Gasteiger partial charge in [0.2, 0.25) is 0 Å². The van der Waals surface area contributed by atoms with Crippen LogP contribution in [0.2, 0.25) is 0 Å². The molecular weight excluding hydrogens is 230 g/mol. The lowest BCUT2D eigenvalue weighted by atomic mass is 10.1. The van der Waals surface area contributed by atoms with E-state index in [0.717, 1.165) is 11.4 Å². The van der Waals surface area contributed by atoms with Gasteiger partial charge >= 0.3 is 5.97 Å². The van der Waals surface area contributed by atoms with Crippen LogP contribution in [0, 0.1) is 0 Å². The molecule has 0 saturated carbocycles. The standard InChI is InChI=1S/C14H17NO3/c1-3-10-8-13(14(16)17)15(9-10)11-4-6-12(18-2)7-5-11/h3-7,13H,8-9H2,1-2H3,(H,16,17)/b10-3+/t13-/m0/s1. The number of carboxylic acid groups (broad SMARTS) is 1. The molecule has 4 nitrogen and oxygen atoms in total. The quantitative estimate of drug-likeness (QED) is 0.833. The number of aliphatic carboxylic acids is 1. The highest BCUT2D eigenvalue weighted by atomic mass is 16.5. The van der Waals surface area contributed by atoms with Crippen LogP contribution in [0.3, 0.4) is 0 Å². The third kappa shape index (κ3) is 2.32. The molecule has 96 valence electrons. The summed E-state index contributed by atoms with van der Waals surface area (Å²) in [4.78, 5) is 13.2. The van der Waals surface area contributed by atoms with E-state index in [0.29, 0.717) is 13.0 Å². The van der Waals surface area contributed by atoms with Gasteiger partial charge in [-0.3, -0.25) is 0 Å². The van der Waals surface area contributed by atoms with Crippen molar-refractivity contribution in [1.82, 2.24) is 0 Å². The number of methoxy groups -OCH3 is 1. The molecule has 0 amide bonds. The van der Waals surface area contributed by atoms with Crippen molar-refractivity contribution in [3.8, 4) is 5.75 Å². The predicted molar refractivity (Wildman–Crippen MR) is 70.1 cm³/mol. The summed E-state index contributed by atoms with van der Waals surface area (Å²) in [5.41, 5.74) is 2.08. The molecule has 0 spiro atoms. The van der Waals surface area contributed by atoms with Crippen molar-refractivity contribution in [2.45, 2.75) is 19.4 Å². The average molecular weight is 247 g/mol. The Balaban J connectivity index is 2.26.